The number of nitrogens with zero attached hydrogens (tertiary/aromatic N) is 2. The van der Waals surface area contributed by atoms with E-state index >= 15 is 0 Å². The zero-order valence-corrected chi connectivity index (χ0v) is 11.1. The molecule has 5 nitrogen and oxygen atoms in total. The van der Waals surface area contributed by atoms with E-state index in [1.807, 2.05) is 0 Å². The van der Waals surface area contributed by atoms with Crippen molar-refractivity contribution in [2.75, 3.05) is 0 Å². The summed E-state index contributed by atoms with van der Waals surface area (Å²) in [5, 5.41) is 17.5. The summed E-state index contributed by atoms with van der Waals surface area (Å²) in [7, 11) is 0. The molecule has 0 radical (unpaired) electrons. The van der Waals surface area contributed by atoms with Crippen molar-refractivity contribution in [1.29, 1.82) is 0 Å². The second-order valence-corrected chi connectivity index (χ2v) is 4.39. The Morgan fingerprint density at radius 3 is 2.42 bits per heavy atom. The Labute approximate surface area is 114 Å². The van der Waals surface area contributed by atoms with E-state index in [0.29, 0.717) is 22.0 Å². The van der Waals surface area contributed by atoms with Gasteiger partial charge in [0.15, 0.2) is 0 Å². The average Bonchev–Trinajstić information content (AvgIpc) is 2.36. The Bertz CT molecular complexity index is 627. The number of hydrogen-bond donors (Lipinski definition) is 1. The maximum absolute atomic E-state index is 11.3. The minimum absolute atomic E-state index is 0.0162. The number of carbonyl (C=O) groups is 1. The highest BCUT2D eigenvalue weighted by atomic mass is 35.5. The van der Waals surface area contributed by atoms with Gasteiger partial charge in [0.1, 0.15) is 11.3 Å². The average molecular weight is 279 g/mol. The second kappa shape index (κ2) is 5.24. The number of aryl methyl sites for hydroxylation is 1. The van der Waals surface area contributed by atoms with E-state index in [9.17, 15) is 9.90 Å². The lowest BCUT2D eigenvalue weighted by molar-refractivity contribution is 0.0692. The summed E-state index contributed by atoms with van der Waals surface area (Å²) in [6.07, 6.45) is 0. The first-order valence-electron chi connectivity index (χ1n) is 5.49. The van der Waals surface area contributed by atoms with Crippen LogP contribution in [0.25, 0.3) is 0 Å². The molecule has 1 N–H and O–H groups in total. The number of benzene rings is 1. The summed E-state index contributed by atoms with van der Waals surface area (Å²) in [4.78, 5) is 11.3. The molecule has 1 heterocycles. The molecule has 1 aromatic carbocycles. The van der Waals surface area contributed by atoms with Crippen LogP contribution in [-0.2, 0) is 0 Å². The van der Waals surface area contributed by atoms with E-state index < -0.39 is 5.97 Å². The lowest BCUT2D eigenvalue weighted by Crippen LogP contribution is -2.08. The number of ether oxygens (including phenoxy) is 1. The summed E-state index contributed by atoms with van der Waals surface area (Å²) in [6, 6.07) is 6.55. The van der Waals surface area contributed by atoms with E-state index in [-0.39, 0.29) is 11.4 Å². The number of rotatable bonds is 3. The molecule has 98 valence electrons. The maximum Gasteiger partial charge on any atom is 0.341 e. The van der Waals surface area contributed by atoms with Gasteiger partial charge in [-0.1, -0.05) is 11.6 Å². The normalized spacial score (nSPS) is 10.3. The van der Waals surface area contributed by atoms with E-state index in [1.54, 1.807) is 38.1 Å². The molecule has 0 saturated carbocycles. The van der Waals surface area contributed by atoms with Crippen LogP contribution in [0.4, 0.5) is 0 Å². The molecule has 0 aliphatic rings. The molecule has 0 saturated heterocycles. The fourth-order valence-electron chi connectivity index (χ4n) is 1.52. The van der Waals surface area contributed by atoms with Gasteiger partial charge in [0.05, 0.1) is 5.69 Å². The van der Waals surface area contributed by atoms with Crippen LogP contribution in [0.5, 0.6) is 11.6 Å². The zero-order valence-electron chi connectivity index (χ0n) is 10.3. The molecule has 19 heavy (non-hydrogen) atoms. The number of aromatic nitrogens is 2. The van der Waals surface area contributed by atoms with Crippen LogP contribution >= 0.6 is 11.6 Å². The third kappa shape index (κ3) is 2.82. The van der Waals surface area contributed by atoms with Crippen LogP contribution in [0, 0.1) is 13.8 Å². The molecule has 0 unspecified atom stereocenters. The van der Waals surface area contributed by atoms with Crippen LogP contribution in [0.15, 0.2) is 24.3 Å². The standard InChI is InChI=1S/C13H11ClN2O3/c1-7-8(2)15-16-12(11(7)13(17)18)19-10-5-3-9(14)4-6-10/h3-6H,1-2H3,(H,17,18). The molecule has 6 heteroatoms. The lowest BCUT2D eigenvalue weighted by atomic mass is 10.1. The lowest BCUT2D eigenvalue weighted by Gasteiger charge is -2.10. The van der Waals surface area contributed by atoms with Crippen LogP contribution in [-0.4, -0.2) is 21.3 Å². The molecular weight excluding hydrogens is 268 g/mol. The SMILES string of the molecule is Cc1nnc(Oc2ccc(Cl)cc2)c(C(=O)O)c1C. The van der Waals surface area contributed by atoms with E-state index in [2.05, 4.69) is 10.2 Å². The Balaban J connectivity index is 2.42. The highest BCUT2D eigenvalue weighted by molar-refractivity contribution is 6.30. The van der Waals surface area contributed by atoms with Gasteiger partial charge >= 0.3 is 5.97 Å². The minimum atomic E-state index is -1.10. The number of aromatic carboxylic acids is 1. The van der Waals surface area contributed by atoms with Gasteiger partial charge in [-0.05, 0) is 43.7 Å². The van der Waals surface area contributed by atoms with E-state index in [1.165, 1.54) is 0 Å². The van der Waals surface area contributed by atoms with Gasteiger partial charge in [-0.25, -0.2) is 4.79 Å². The molecule has 2 aromatic rings. The topological polar surface area (TPSA) is 72.3 Å². The summed E-state index contributed by atoms with van der Waals surface area (Å²) in [6.45, 7) is 3.36. The van der Waals surface area contributed by atoms with Crippen LogP contribution in [0.2, 0.25) is 5.02 Å². The summed E-state index contributed by atoms with van der Waals surface area (Å²) < 4.78 is 5.45. The highest BCUT2D eigenvalue weighted by Crippen LogP contribution is 2.26. The molecule has 0 atom stereocenters. The number of hydrogen-bond acceptors (Lipinski definition) is 4. The molecule has 0 aliphatic heterocycles. The highest BCUT2D eigenvalue weighted by Gasteiger charge is 2.19. The first-order valence-corrected chi connectivity index (χ1v) is 5.87. The van der Waals surface area contributed by atoms with Crippen LogP contribution in [0.1, 0.15) is 21.6 Å². The van der Waals surface area contributed by atoms with Crippen molar-refractivity contribution in [2.24, 2.45) is 0 Å². The fraction of sp³-hybridized carbons (Fsp3) is 0.154. The van der Waals surface area contributed by atoms with Gasteiger partial charge in [-0.3, -0.25) is 0 Å². The number of halogens is 1. The number of carboxylic acids is 1. The van der Waals surface area contributed by atoms with Crippen LogP contribution in [0.3, 0.4) is 0 Å². The van der Waals surface area contributed by atoms with E-state index in [4.69, 9.17) is 16.3 Å². The predicted octanol–water partition coefficient (Wildman–Crippen LogP) is 3.24. The van der Waals surface area contributed by atoms with Crippen molar-refractivity contribution in [3.63, 3.8) is 0 Å². The van der Waals surface area contributed by atoms with Crippen molar-refractivity contribution in [2.45, 2.75) is 13.8 Å². The quantitative estimate of drug-likeness (QED) is 0.933. The first-order chi connectivity index (χ1) is 8.99. The Kier molecular flexibility index (Phi) is 3.66. The molecule has 0 amide bonds. The van der Waals surface area contributed by atoms with Gasteiger partial charge in [-0.2, -0.15) is 5.10 Å². The third-order valence-electron chi connectivity index (χ3n) is 2.66. The van der Waals surface area contributed by atoms with Gasteiger partial charge in [0.25, 0.3) is 5.88 Å². The van der Waals surface area contributed by atoms with Crippen molar-refractivity contribution in [3.05, 3.63) is 46.1 Å². The van der Waals surface area contributed by atoms with Gasteiger partial charge in [0, 0.05) is 5.02 Å². The first kappa shape index (κ1) is 13.3. The van der Waals surface area contributed by atoms with E-state index in [0.717, 1.165) is 0 Å². The zero-order chi connectivity index (χ0) is 14.0. The van der Waals surface area contributed by atoms with Crippen molar-refractivity contribution in [1.82, 2.24) is 10.2 Å². The predicted molar refractivity (Wildman–Crippen MR) is 70.0 cm³/mol. The maximum atomic E-state index is 11.3. The molecule has 0 spiro atoms. The largest absolute Gasteiger partial charge is 0.477 e. The third-order valence-corrected chi connectivity index (χ3v) is 2.92. The van der Waals surface area contributed by atoms with Crippen LogP contribution < -0.4 is 4.74 Å². The molecule has 0 aliphatic carbocycles. The molecule has 1 aromatic heterocycles. The monoisotopic (exact) mass is 278 g/mol. The summed E-state index contributed by atoms with van der Waals surface area (Å²) in [5.41, 5.74) is 1.11. The molecule has 0 fully saturated rings. The molecule has 2 rings (SSSR count). The molecular formula is C13H11ClN2O3. The minimum Gasteiger partial charge on any atom is -0.477 e. The smallest absolute Gasteiger partial charge is 0.341 e. The summed E-state index contributed by atoms with van der Waals surface area (Å²) >= 11 is 5.76. The van der Waals surface area contributed by atoms with Crippen molar-refractivity contribution >= 4 is 17.6 Å². The van der Waals surface area contributed by atoms with Gasteiger partial charge in [0.2, 0.25) is 0 Å². The second-order valence-electron chi connectivity index (χ2n) is 3.95. The van der Waals surface area contributed by atoms with Gasteiger partial charge < -0.3 is 9.84 Å². The van der Waals surface area contributed by atoms with Crippen molar-refractivity contribution in [3.8, 4) is 11.6 Å². The van der Waals surface area contributed by atoms with Crippen molar-refractivity contribution < 1.29 is 14.6 Å². The molecule has 0 bridgehead atoms. The Morgan fingerprint density at radius 1 is 1.21 bits per heavy atom. The van der Waals surface area contributed by atoms with Gasteiger partial charge in [-0.15, -0.1) is 5.10 Å². The number of carboxylic acid groups (broad SMARTS) is 1. The fourth-order valence-corrected chi connectivity index (χ4v) is 1.65. The summed E-state index contributed by atoms with van der Waals surface area (Å²) in [5.74, 6) is -0.679. The Hall–Kier alpha value is -2.14. The Morgan fingerprint density at radius 2 is 1.84 bits per heavy atom.